The van der Waals surface area contributed by atoms with Gasteiger partial charge in [-0.3, -0.25) is 9.59 Å². The van der Waals surface area contributed by atoms with Crippen molar-refractivity contribution in [1.29, 1.82) is 0 Å². The highest BCUT2D eigenvalue weighted by atomic mass is 16.5. The standard InChI is InChI=1S/C25H24N4O4/c1-2-12-29-20-9-8-19(15-21(20)32-16-22(29)30)23-26-24(33-27-23)25(31)28-13-10-18(11-14-28)17-6-4-3-5-7-17/h3-10,15H,2,11-14,16H2,1H3. The summed E-state index contributed by atoms with van der Waals surface area (Å²) in [6.07, 6.45) is 3.69. The van der Waals surface area contributed by atoms with E-state index in [2.05, 4.69) is 28.3 Å². The molecule has 0 saturated heterocycles. The van der Waals surface area contributed by atoms with Crippen molar-refractivity contribution in [3.8, 4) is 17.1 Å². The summed E-state index contributed by atoms with van der Waals surface area (Å²) >= 11 is 0. The van der Waals surface area contributed by atoms with Gasteiger partial charge < -0.3 is 19.1 Å². The maximum absolute atomic E-state index is 12.9. The van der Waals surface area contributed by atoms with E-state index in [1.807, 2.05) is 31.2 Å². The molecular weight excluding hydrogens is 420 g/mol. The largest absolute Gasteiger partial charge is 0.482 e. The van der Waals surface area contributed by atoms with E-state index < -0.39 is 0 Å². The summed E-state index contributed by atoms with van der Waals surface area (Å²) in [6, 6.07) is 15.6. The first-order valence-corrected chi connectivity index (χ1v) is 11.1. The van der Waals surface area contributed by atoms with Crippen LogP contribution in [0, 0.1) is 0 Å². The molecule has 5 rings (SSSR count). The fourth-order valence-corrected chi connectivity index (χ4v) is 4.14. The van der Waals surface area contributed by atoms with Gasteiger partial charge in [-0.2, -0.15) is 4.98 Å². The van der Waals surface area contributed by atoms with Gasteiger partial charge in [0.15, 0.2) is 6.61 Å². The lowest BCUT2D eigenvalue weighted by molar-refractivity contribution is -0.121. The number of aromatic nitrogens is 2. The van der Waals surface area contributed by atoms with Crippen LogP contribution < -0.4 is 9.64 Å². The molecule has 0 unspecified atom stereocenters. The van der Waals surface area contributed by atoms with E-state index in [-0.39, 0.29) is 24.3 Å². The van der Waals surface area contributed by atoms with Crippen molar-refractivity contribution in [2.24, 2.45) is 0 Å². The zero-order chi connectivity index (χ0) is 22.8. The van der Waals surface area contributed by atoms with Gasteiger partial charge >= 0.3 is 11.8 Å². The van der Waals surface area contributed by atoms with Crippen molar-refractivity contribution in [3.05, 3.63) is 66.1 Å². The number of rotatable bonds is 5. The molecule has 8 heteroatoms. The minimum Gasteiger partial charge on any atom is -0.482 e. The number of hydrogen-bond acceptors (Lipinski definition) is 6. The van der Waals surface area contributed by atoms with Crippen LogP contribution in [0.4, 0.5) is 5.69 Å². The highest BCUT2D eigenvalue weighted by Crippen LogP contribution is 2.35. The molecule has 3 aromatic rings. The highest BCUT2D eigenvalue weighted by molar-refractivity contribution is 5.98. The molecular formula is C25H24N4O4. The Morgan fingerprint density at radius 3 is 2.73 bits per heavy atom. The van der Waals surface area contributed by atoms with Gasteiger partial charge in [-0.1, -0.05) is 48.5 Å². The Kier molecular flexibility index (Phi) is 5.64. The van der Waals surface area contributed by atoms with Gasteiger partial charge in [0.25, 0.3) is 5.91 Å². The molecule has 0 N–H and O–H groups in total. The third-order valence-electron chi connectivity index (χ3n) is 5.86. The van der Waals surface area contributed by atoms with Crippen molar-refractivity contribution < 1.29 is 18.8 Å². The van der Waals surface area contributed by atoms with Crippen LogP contribution >= 0.6 is 0 Å². The molecule has 2 aliphatic rings. The Labute approximate surface area is 191 Å². The topological polar surface area (TPSA) is 88.8 Å². The summed E-state index contributed by atoms with van der Waals surface area (Å²) in [6.45, 7) is 3.74. The van der Waals surface area contributed by atoms with Gasteiger partial charge in [0.1, 0.15) is 5.75 Å². The summed E-state index contributed by atoms with van der Waals surface area (Å²) in [5.74, 6) is 0.513. The molecule has 0 aliphatic carbocycles. The number of hydrogen-bond donors (Lipinski definition) is 0. The number of nitrogens with zero attached hydrogens (tertiary/aromatic N) is 4. The van der Waals surface area contributed by atoms with Crippen LogP contribution in [0.5, 0.6) is 5.75 Å². The zero-order valence-corrected chi connectivity index (χ0v) is 18.4. The van der Waals surface area contributed by atoms with E-state index in [1.54, 1.807) is 21.9 Å². The van der Waals surface area contributed by atoms with Crippen LogP contribution in [-0.4, -0.2) is 53.1 Å². The number of fused-ring (bicyclic) bond motifs is 1. The second-order valence-corrected chi connectivity index (χ2v) is 8.04. The third kappa shape index (κ3) is 4.11. The SMILES string of the molecule is CCCN1C(=O)COc2cc(-c3noc(C(=O)N4CC=C(c5ccccc5)CC4)n3)ccc21. The Bertz CT molecular complexity index is 1220. The van der Waals surface area contributed by atoms with Crippen molar-refractivity contribution >= 4 is 23.1 Å². The molecule has 33 heavy (non-hydrogen) atoms. The summed E-state index contributed by atoms with van der Waals surface area (Å²) in [4.78, 5) is 32.8. The van der Waals surface area contributed by atoms with E-state index in [1.165, 1.54) is 11.1 Å². The van der Waals surface area contributed by atoms with Gasteiger partial charge in [-0.05, 0) is 42.2 Å². The molecule has 3 heterocycles. The third-order valence-corrected chi connectivity index (χ3v) is 5.86. The van der Waals surface area contributed by atoms with Crippen LogP contribution in [0.25, 0.3) is 17.0 Å². The number of carbonyl (C=O) groups is 2. The van der Waals surface area contributed by atoms with Crippen molar-refractivity contribution in [1.82, 2.24) is 15.0 Å². The van der Waals surface area contributed by atoms with Crippen LogP contribution in [0.1, 0.15) is 36.0 Å². The lowest BCUT2D eigenvalue weighted by atomic mass is 9.99. The van der Waals surface area contributed by atoms with Gasteiger partial charge in [0.05, 0.1) is 5.69 Å². The lowest BCUT2D eigenvalue weighted by Gasteiger charge is -2.29. The van der Waals surface area contributed by atoms with Crippen molar-refractivity contribution in [2.75, 3.05) is 31.1 Å². The van der Waals surface area contributed by atoms with E-state index in [4.69, 9.17) is 9.26 Å². The Hall–Kier alpha value is -3.94. The molecule has 8 nitrogen and oxygen atoms in total. The molecule has 2 amide bonds. The first kappa shape index (κ1) is 20.9. The summed E-state index contributed by atoms with van der Waals surface area (Å²) < 4.78 is 10.9. The Morgan fingerprint density at radius 1 is 1.12 bits per heavy atom. The predicted octanol–water partition coefficient (Wildman–Crippen LogP) is 3.80. The fraction of sp³-hybridized carbons (Fsp3) is 0.280. The molecule has 0 spiro atoms. The molecule has 0 radical (unpaired) electrons. The molecule has 0 fully saturated rings. The van der Waals surface area contributed by atoms with Crippen LogP contribution in [0.3, 0.4) is 0 Å². The van der Waals surface area contributed by atoms with E-state index in [0.29, 0.717) is 36.8 Å². The lowest BCUT2D eigenvalue weighted by Crippen LogP contribution is -2.39. The number of carbonyl (C=O) groups excluding carboxylic acids is 2. The minimum atomic E-state index is -0.286. The second-order valence-electron chi connectivity index (χ2n) is 8.04. The molecule has 0 bridgehead atoms. The number of amides is 2. The Balaban J connectivity index is 1.31. The first-order valence-electron chi connectivity index (χ1n) is 11.1. The average molecular weight is 444 g/mol. The molecule has 168 valence electrons. The monoisotopic (exact) mass is 444 g/mol. The van der Waals surface area contributed by atoms with Gasteiger partial charge in [0, 0.05) is 25.2 Å². The number of anilines is 1. The summed E-state index contributed by atoms with van der Waals surface area (Å²) in [7, 11) is 0. The average Bonchev–Trinajstić information content (AvgIpc) is 3.36. The maximum atomic E-state index is 12.9. The zero-order valence-electron chi connectivity index (χ0n) is 18.4. The van der Waals surface area contributed by atoms with Crippen molar-refractivity contribution in [2.45, 2.75) is 19.8 Å². The van der Waals surface area contributed by atoms with E-state index >= 15 is 0 Å². The Morgan fingerprint density at radius 2 is 1.97 bits per heavy atom. The fourth-order valence-electron chi connectivity index (χ4n) is 4.14. The van der Waals surface area contributed by atoms with Gasteiger partial charge in [0.2, 0.25) is 5.82 Å². The maximum Gasteiger partial charge on any atom is 0.316 e. The normalized spacial score (nSPS) is 15.7. The first-order chi connectivity index (χ1) is 16.1. The van der Waals surface area contributed by atoms with E-state index in [0.717, 1.165) is 18.5 Å². The molecule has 1 aromatic heterocycles. The number of benzene rings is 2. The smallest absolute Gasteiger partial charge is 0.316 e. The molecule has 2 aliphatic heterocycles. The van der Waals surface area contributed by atoms with Crippen molar-refractivity contribution in [3.63, 3.8) is 0 Å². The summed E-state index contributed by atoms with van der Waals surface area (Å²) in [5, 5.41) is 4.00. The van der Waals surface area contributed by atoms with E-state index in [9.17, 15) is 9.59 Å². The highest BCUT2D eigenvalue weighted by Gasteiger charge is 2.27. The predicted molar refractivity (Wildman–Crippen MR) is 123 cm³/mol. The summed E-state index contributed by atoms with van der Waals surface area (Å²) in [5.41, 5.74) is 3.80. The molecule has 0 atom stereocenters. The van der Waals surface area contributed by atoms with Gasteiger partial charge in [-0.25, -0.2) is 0 Å². The van der Waals surface area contributed by atoms with Gasteiger partial charge in [-0.15, -0.1) is 0 Å². The van der Waals surface area contributed by atoms with Crippen LogP contribution in [0.2, 0.25) is 0 Å². The van der Waals surface area contributed by atoms with Crippen LogP contribution in [-0.2, 0) is 4.79 Å². The quantitative estimate of drug-likeness (QED) is 0.595. The minimum absolute atomic E-state index is 0.000118. The second kappa shape index (κ2) is 8.90. The molecule has 0 saturated carbocycles. The number of ether oxygens (including phenoxy) is 1. The molecule has 2 aromatic carbocycles. The van der Waals surface area contributed by atoms with Crippen LogP contribution in [0.15, 0.2) is 59.1 Å².